The van der Waals surface area contributed by atoms with Gasteiger partial charge in [0.1, 0.15) is 17.5 Å². The van der Waals surface area contributed by atoms with Gasteiger partial charge in [-0.25, -0.2) is 15.2 Å². The standard InChI is InChI=1S/C7H6ClN3O2S/c1-3-5(10-11-7(12)13-3)4-2-14-6(8)9-4/h2-3H,1H3,(H,11,12)/t3-/m0/s1. The number of nitrogens with zero attached hydrogens (tertiary/aromatic N) is 2. The van der Waals surface area contributed by atoms with Crippen LogP contribution in [-0.2, 0) is 4.74 Å². The Morgan fingerprint density at radius 1 is 1.71 bits per heavy atom. The number of ether oxygens (including phenoxy) is 1. The van der Waals surface area contributed by atoms with Gasteiger partial charge in [0.25, 0.3) is 0 Å². The zero-order chi connectivity index (χ0) is 10.1. The molecular weight excluding hydrogens is 226 g/mol. The van der Waals surface area contributed by atoms with Crippen molar-refractivity contribution in [3.63, 3.8) is 0 Å². The van der Waals surface area contributed by atoms with Crippen molar-refractivity contribution in [1.82, 2.24) is 10.4 Å². The van der Waals surface area contributed by atoms with E-state index in [4.69, 9.17) is 16.3 Å². The molecule has 1 amide bonds. The lowest BCUT2D eigenvalue weighted by Gasteiger charge is -2.18. The Labute approximate surface area is 88.7 Å². The van der Waals surface area contributed by atoms with Gasteiger partial charge in [-0.2, -0.15) is 5.10 Å². The minimum absolute atomic E-state index is 0.401. The summed E-state index contributed by atoms with van der Waals surface area (Å²) in [6.07, 6.45) is -0.954. The van der Waals surface area contributed by atoms with Gasteiger partial charge in [0.15, 0.2) is 4.47 Å². The number of aromatic nitrogens is 1. The number of carbonyl (C=O) groups is 1. The predicted molar refractivity (Wildman–Crippen MR) is 52.7 cm³/mol. The molecule has 14 heavy (non-hydrogen) atoms. The van der Waals surface area contributed by atoms with Gasteiger partial charge in [0.05, 0.1) is 0 Å². The van der Waals surface area contributed by atoms with E-state index in [1.54, 1.807) is 12.3 Å². The Morgan fingerprint density at radius 3 is 3.07 bits per heavy atom. The van der Waals surface area contributed by atoms with Crippen LogP contribution in [0.2, 0.25) is 4.47 Å². The molecule has 0 saturated carbocycles. The summed E-state index contributed by atoms with van der Waals surface area (Å²) in [5, 5.41) is 5.62. The number of thiazole rings is 1. The Balaban J connectivity index is 2.30. The lowest BCUT2D eigenvalue weighted by molar-refractivity contribution is 0.127. The lowest BCUT2D eigenvalue weighted by atomic mass is 10.2. The molecule has 2 rings (SSSR count). The average Bonchev–Trinajstić information content (AvgIpc) is 2.51. The highest BCUT2D eigenvalue weighted by atomic mass is 35.5. The highest BCUT2D eigenvalue weighted by Crippen LogP contribution is 2.18. The summed E-state index contributed by atoms with van der Waals surface area (Å²) >= 11 is 6.99. The quantitative estimate of drug-likeness (QED) is 0.799. The van der Waals surface area contributed by atoms with Crippen LogP contribution in [0.1, 0.15) is 12.6 Å². The van der Waals surface area contributed by atoms with E-state index in [-0.39, 0.29) is 0 Å². The van der Waals surface area contributed by atoms with E-state index in [1.807, 2.05) is 0 Å². The third-order valence-corrected chi connectivity index (χ3v) is 2.65. The second-order valence-corrected chi connectivity index (χ2v) is 4.08. The van der Waals surface area contributed by atoms with Gasteiger partial charge in [-0.3, -0.25) is 0 Å². The Hall–Kier alpha value is -1.14. The summed E-state index contributed by atoms with van der Waals surface area (Å²) in [6.45, 7) is 1.73. The first-order valence-electron chi connectivity index (χ1n) is 3.82. The fourth-order valence-corrected chi connectivity index (χ4v) is 1.83. The van der Waals surface area contributed by atoms with Gasteiger partial charge < -0.3 is 4.74 Å². The molecule has 0 spiro atoms. The van der Waals surface area contributed by atoms with Gasteiger partial charge in [-0.15, -0.1) is 11.3 Å². The van der Waals surface area contributed by atoms with E-state index in [9.17, 15) is 4.79 Å². The molecule has 0 radical (unpaired) electrons. The topological polar surface area (TPSA) is 63.6 Å². The van der Waals surface area contributed by atoms with E-state index in [0.29, 0.717) is 15.9 Å². The van der Waals surface area contributed by atoms with Crippen LogP contribution in [-0.4, -0.2) is 22.9 Å². The maximum atomic E-state index is 10.8. The van der Waals surface area contributed by atoms with Gasteiger partial charge in [0.2, 0.25) is 0 Å². The number of halogens is 1. The Morgan fingerprint density at radius 2 is 2.50 bits per heavy atom. The molecule has 0 aliphatic carbocycles. The molecule has 1 N–H and O–H groups in total. The monoisotopic (exact) mass is 231 g/mol. The summed E-state index contributed by atoms with van der Waals surface area (Å²) in [6, 6.07) is 0. The molecule has 1 aromatic heterocycles. The number of rotatable bonds is 1. The molecule has 1 aliphatic rings. The largest absolute Gasteiger partial charge is 0.439 e. The van der Waals surface area contributed by atoms with Crippen LogP contribution in [0.15, 0.2) is 10.5 Å². The lowest BCUT2D eigenvalue weighted by Crippen LogP contribution is -2.37. The number of cyclic esters (lactones) is 1. The molecular formula is C7H6ClN3O2S. The van der Waals surface area contributed by atoms with Crippen LogP contribution in [0.25, 0.3) is 0 Å². The molecule has 0 fully saturated rings. The smallest absolute Gasteiger partial charge is 0.428 e. The first kappa shape index (κ1) is 9.42. The number of hydrazone groups is 1. The SMILES string of the molecule is C[C@@H]1OC(=O)NN=C1c1csc(Cl)n1. The van der Waals surface area contributed by atoms with Crippen LogP contribution in [0.3, 0.4) is 0 Å². The minimum Gasteiger partial charge on any atom is -0.439 e. The van der Waals surface area contributed by atoms with Crippen molar-refractivity contribution in [1.29, 1.82) is 0 Å². The van der Waals surface area contributed by atoms with Crippen LogP contribution < -0.4 is 5.43 Å². The van der Waals surface area contributed by atoms with Crippen LogP contribution in [0.4, 0.5) is 4.79 Å². The highest BCUT2D eigenvalue weighted by molar-refractivity contribution is 7.14. The number of nitrogens with one attached hydrogen (secondary N) is 1. The molecule has 0 bridgehead atoms. The summed E-state index contributed by atoms with van der Waals surface area (Å²) in [5.74, 6) is 0. The first-order valence-corrected chi connectivity index (χ1v) is 5.08. The molecule has 0 unspecified atom stereocenters. The predicted octanol–water partition coefficient (Wildman–Crippen LogP) is 1.63. The highest BCUT2D eigenvalue weighted by Gasteiger charge is 2.24. The van der Waals surface area contributed by atoms with E-state index in [0.717, 1.165) is 0 Å². The van der Waals surface area contributed by atoms with Crippen molar-refractivity contribution in [2.45, 2.75) is 13.0 Å². The van der Waals surface area contributed by atoms with Gasteiger partial charge in [0, 0.05) is 5.38 Å². The molecule has 1 aliphatic heterocycles. The van der Waals surface area contributed by atoms with Crippen LogP contribution in [0, 0.1) is 0 Å². The molecule has 5 nitrogen and oxygen atoms in total. The van der Waals surface area contributed by atoms with E-state index >= 15 is 0 Å². The number of hydrogen-bond acceptors (Lipinski definition) is 5. The maximum Gasteiger partial charge on any atom is 0.428 e. The summed E-state index contributed by atoms with van der Waals surface area (Å²) < 4.78 is 5.34. The second kappa shape index (κ2) is 3.55. The van der Waals surface area contributed by atoms with Crippen molar-refractivity contribution in [3.8, 4) is 0 Å². The average molecular weight is 232 g/mol. The first-order chi connectivity index (χ1) is 6.66. The fourth-order valence-electron chi connectivity index (χ4n) is 1.07. The maximum absolute atomic E-state index is 10.8. The zero-order valence-corrected chi connectivity index (χ0v) is 8.72. The summed E-state index contributed by atoms with van der Waals surface area (Å²) in [4.78, 5) is 14.8. The fraction of sp³-hybridized carbons (Fsp3) is 0.286. The van der Waals surface area contributed by atoms with E-state index in [2.05, 4.69) is 15.5 Å². The number of hydrogen-bond donors (Lipinski definition) is 1. The van der Waals surface area contributed by atoms with E-state index in [1.165, 1.54) is 11.3 Å². The minimum atomic E-state index is -0.553. The van der Waals surface area contributed by atoms with Crippen molar-refractivity contribution in [2.75, 3.05) is 0 Å². The second-order valence-electron chi connectivity index (χ2n) is 2.64. The number of carbonyl (C=O) groups excluding carboxylic acids is 1. The Bertz CT molecular complexity index is 403. The molecule has 2 heterocycles. The molecule has 1 aromatic rings. The molecule has 1 atom stereocenters. The molecule has 74 valence electrons. The van der Waals surface area contributed by atoms with Crippen LogP contribution in [0.5, 0.6) is 0 Å². The van der Waals surface area contributed by atoms with E-state index < -0.39 is 12.2 Å². The molecule has 7 heteroatoms. The molecule has 0 saturated heterocycles. The zero-order valence-electron chi connectivity index (χ0n) is 7.15. The summed E-state index contributed by atoms with van der Waals surface area (Å²) in [7, 11) is 0. The van der Waals surface area contributed by atoms with Gasteiger partial charge in [-0.05, 0) is 6.92 Å². The normalized spacial score (nSPS) is 21.1. The van der Waals surface area contributed by atoms with Crippen molar-refractivity contribution in [2.24, 2.45) is 5.10 Å². The van der Waals surface area contributed by atoms with Crippen LogP contribution >= 0.6 is 22.9 Å². The van der Waals surface area contributed by atoms with Crippen molar-refractivity contribution < 1.29 is 9.53 Å². The molecule has 0 aromatic carbocycles. The van der Waals surface area contributed by atoms with Crippen molar-refractivity contribution >= 4 is 34.7 Å². The van der Waals surface area contributed by atoms with Gasteiger partial charge in [-0.1, -0.05) is 11.6 Å². The van der Waals surface area contributed by atoms with Crippen molar-refractivity contribution in [3.05, 3.63) is 15.5 Å². The summed E-state index contributed by atoms with van der Waals surface area (Å²) in [5.41, 5.74) is 3.43. The third-order valence-electron chi connectivity index (χ3n) is 1.68. The van der Waals surface area contributed by atoms with Gasteiger partial charge >= 0.3 is 6.09 Å². The third kappa shape index (κ3) is 1.71. The Kier molecular flexibility index (Phi) is 2.39. The number of amides is 1.